The third-order valence-electron chi connectivity index (χ3n) is 4.17. The second-order valence-electron chi connectivity index (χ2n) is 7.36. The molecule has 7 nitrogen and oxygen atoms in total. The Labute approximate surface area is 162 Å². The van der Waals surface area contributed by atoms with Crippen molar-refractivity contribution in [1.29, 1.82) is 0 Å². The van der Waals surface area contributed by atoms with E-state index in [9.17, 15) is 9.59 Å². The van der Waals surface area contributed by atoms with Crippen molar-refractivity contribution in [3.63, 3.8) is 0 Å². The van der Waals surface area contributed by atoms with Crippen LogP contribution in [-0.2, 0) is 23.4 Å². The molecule has 0 saturated heterocycles. The number of aryl methyl sites for hydroxylation is 1. The van der Waals surface area contributed by atoms with E-state index < -0.39 is 0 Å². The van der Waals surface area contributed by atoms with E-state index in [2.05, 4.69) is 15.4 Å². The molecule has 142 valence electrons. The summed E-state index contributed by atoms with van der Waals surface area (Å²) < 4.78 is 3.17. The van der Waals surface area contributed by atoms with Crippen LogP contribution in [0.25, 0.3) is 11.0 Å². The Morgan fingerprint density at radius 3 is 2.59 bits per heavy atom. The summed E-state index contributed by atoms with van der Waals surface area (Å²) in [5.41, 5.74) is 1.05. The van der Waals surface area contributed by atoms with E-state index in [0.29, 0.717) is 22.6 Å². The molecule has 8 heteroatoms. The van der Waals surface area contributed by atoms with Gasteiger partial charge in [-0.25, -0.2) is 9.67 Å². The minimum Gasteiger partial charge on any atom is -0.352 e. The number of aromatic nitrogens is 4. The highest BCUT2D eigenvalue weighted by molar-refractivity contribution is 6.30. The average Bonchev–Trinajstić information content (AvgIpc) is 3.06. The number of carbonyl (C=O) groups excluding carboxylic acids is 1. The maximum absolute atomic E-state index is 12.6. The van der Waals surface area contributed by atoms with Crippen LogP contribution >= 0.6 is 11.6 Å². The molecule has 0 aliphatic carbocycles. The number of nitrogens with one attached hydrogen (secondary N) is 1. The number of nitrogens with zero attached hydrogens (tertiary/aromatic N) is 4. The normalized spacial score (nSPS) is 11.7. The van der Waals surface area contributed by atoms with Crippen LogP contribution in [0.15, 0.2) is 41.6 Å². The second kappa shape index (κ2) is 7.52. The molecule has 3 aromatic rings. The first kappa shape index (κ1) is 19.1. The average molecular weight is 388 g/mol. The Kier molecular flexibility index (Phi) is 5.32. The molecule has 0 aliphatic heterocycles. The standard InChI is InChI=1S/C19H22ClN5O2/c1-19(2,3)25-17-15(11-23-25)18(27)24(12-22-17)9-8-16(26)21-10-13-4-6-14(20)7-5-13/h4-7,11-12H,8-10H2,1-3H3,(H,21,26). The summed E-state index contributed by atoms with van der Waals surface area (Å²) in [4.78, 5) is 29.1. The van der Waals surface area contributed by atoms with Crippen LogP contribution < -0.4 is 10.9 Å². The first-order valence-corrected chi connectivity index (χ1v) is 9.08. The van der Waals surface area contributed by atoms with Crippen molar-refractivity contribution < 1.29 is 4.79 Å². The quantitative estimate of drug-likeness (QED) is 0.729. The van der Waals surface area contributed by atoms with Gasteiger partial charge in [0.15, 0.2) is 5.65 Å². The number of benzene rings is 1. The zero-order chi connectivity index (χ0) is 19.6. The molecule has 2 heterocycles. The molecule has 1 amide bonds. The van der Waals surface area contributed by atoms with Crippen LogP contribution in [0.5, 0.6) is 0 Å². The fourth-order valence-corrected chi connectivity index (χ4v) is 2.84. The molecule has 0 atom stereocenters. The van der Waals surface area contributed by atoms with Gasteiger partial charge in [0.05, 0.1) is 18.1 Å². The van der Waals surface area contributed by atoms with E-state index in [0.717, 1.165) is 5.56 Å². The Hall–Kier alpha value is -2.67. The highest BCUT2D eigenvalue weighted by atomic mass is 35.5. The molecule has 0 saturated carbocycles. The maximum Gasteiger partial charge on any atom is 0.264 e. The van der Waals surface area contributed by atoms with Gasteiger partial charge in [-0.2, -0.15) is 5.10 Å². The Morgan fingerprint density at radius 2 is 1.93 bits per heavy atom. The number of carbonyl (C=O) groups is 1. The van der Waals surface area contributed by atoms with Crippen molar-refractivity contribution in [3.8, 4) is 0 Å². The smallest absolute Gasteiger partial charge is 0.264 e. The van der Waals surface area contributed by atoms with Gasteiger partial charge in [-0.05, 0) is 38.5 Å². The van der Waals surface area contributed by atoms with Crippen LogP contribution in [0, 0.1) is 0 Å². The van der Waals surface area contributed by atoms with Crippen molar-refractivity contribution in [2.75, 3.05) is 0 Å². The van der Waals surface area contributed by atoms with E-state index in [-0.39, 0.29) is 30.0 Å². The molecule has 27 heavy (non-hydrogen) atoms. The molecule has 1 N–H and O–H groups in total. The highest BCUT2D eigenvalue weighted by Gasteiger charge is 2.19. The molecule has 0 spiro atoms. The van der Waals surface area contributed by atoms with E-state index >= 15 is 0 Å². The third-order valence-corrected chi connectivity index (χ3v) is 4.42. The van der Waals surface area contributed by atoms with Gasteiger partial charge >= 0.3 is 0 Å². The summed E-state index contributed by atoms with van der Waals surface area (Å²) in [7, 11) is 0. The summed E-state index contributed by atoms with van der Waals surface area (Å²) in [6.45, 7) is 6.67. The fraction of sp³-hybridized carbons (Fsp3) is 0.368. The molecule has 0 unspecified atom stereocenters. The summed E-state index contributed by atoms with van der Waals surface area (Å²) >= 11 is 5.84. The second-order valence-corrected chi connectivity index (χ2v) is 7.80. The fourth-order valence-electron chi connectivity index (χ4n) is 2.71. The molecule has 0 bridgehead atoms. The summed E-state index contributed by atoms with van der Waals surface area (Å²) in [5, 5.41) is 8.23. The lowest BCUT2D eigenvalue weighted by molar-refractivity contribution is -0.121. The van der Waals surface area contributed by atoms with Crippen molar-refractivity contribution in [3.05, 3.63) is 57.7 Å². The zero-order valence-corrected chi connectivity index (χ0v) is 16.3. The van der Waals surface area contributed by atoms with E-state index in [1.165, 1.54) is 17.1 Å². The van der Waals surface area contributed by atoms with E-state index in [1.807, 2.05) is 32.9 Å². The van der Waals surface area contributed by atoms with Gasteiger partial charge in [0.1, 0.15) is 5.39 Å². The first-order chi connectivity index (χ1) is 12.8. The first-order valence-electron chi connectivity index (χ1n) is 8.70. The molecule has 0 fully saturated rings. The number of rotatable bonds is 5. The lowest BCUT2D eigenvalue weighted by Crippen LogP contribution is -2.28. The SMILES string of the molecule is CC(C)(C)n1ncc2c(=O)n(CCC(=O)NCc3ccc(Cl)cc3)cnc21. The lowest BCUT2D eigenvalue weighted by atomic mass is 10.1. The predicted octanol–water partition coefficient (Wildman–Crippen LogP) is 2.71. The molecular weight excluding hydrogens is 366 g/mol. The zero-order valence-electron chi connectivity index (χ0n) is 15.6. The van der Waals surface area contributed by atoms with Gasteiger partial charge in [-0.3, -0.25) is 14.2 Å². The Bertz CT molecular complexity index is 1020. The van der Waals surface area contributed by atoms with Gasteiger partial charge < -0.3 is 5.32 Å². The van der Waals surface area contributed by atoms with Gasteiger partial charge in [0.2, 0.25) is 5.91 Å². The Morgan fingerprint density at radius 1 is 1.22 bits per heavy atom. The van der Waals surface area contributed by atoms with Crippen LogP contribution in [-0.4, -0.2) is 25.2 Å². The van der Waals surface area contributed by atoms with Crippen LogP contribution in [0.4, 0.5) is 0 Å². The van der Waals surface area contributed by atoms with Crippen molar-refractivity contribution >= 4 is 28.5 Å². The van der Waals surface area contributed by atoms with Crippen molar-refractivity contribution in [2.45, 2.75) is 45.8 Å². The number of hydrogen-bond donors (Lipinski definition) is 1. The number of halogens is 1. The van der Waals surface area contributed by atoms with Crippen molar-refractivity contribution in [2.24, 2.45) is 0 Å². The van der Waals surface area contributed by atoms with Gasteiger partial charge in [0.25, 0.3) is 5.56 Å². The minimum atomic E-state index is -0.269. The number of hydrogen-bond acceptors (Lipinski definition) is 4. The van der Waals surface area contributed by atoms with E-state index in [4.69, 9.17) is 11.6 Å². The van der Waals surface area contributed by atoms with Crippen LogP contribution in [0.2, 0.25) is 5.02 Å². The highest BCUT2D eigenvalue weighted by Crippen LogP contribution is 2.17. The maximum atomic E-state index is 12.6. The molecule has 1 aromatic carbocycles. The Balaban J connectivity index is 1.64. The molecule has 2 aromatic heterocycles. The summed E-state index contributed by atoms with van der Waals surface area (Å²) in [5.74, 6) is -0.137. The molecular formula is C19H22ClN5O2. The van der Waals surface area contributed by atoms with Crippen LogP contribution in [0.1, 0.15) is 32.8 Å². The van der Waals surface area contributed by atoms with Gasteiger partial charge in [-0.1, -0.05) is 23.7 Å². The summed E-state index contributed by atoms with van der Waals surface area (Å²) in [6, 6.07) is 7.28. The van der Waals surface area contributed by atoms with Crippen LogP contribution in [0.3, 0.4) is 0 Å². The summed E-state index contributed by atoms with van der Waals surface area (Å²) in [6.07, 6.45) is 3.20. The molecule has 0 aliphatic rings. The number of amides is 1. The number of fused-ring (bicyclic) bond motifs is 1. The van der Waals surface area contributed by atoms with Crippen molar-refractivity contribution in [1.82, 2.24) is 24.6 Å². The molecule has 3 rings (SSSR count). The predicted molar refractivity (Wildman–Crippen MR) is 105 cm³/mol. The minimum absolute atomic E-state index is 0.137. The topological polar surface area (TPSA) is 81.8 Å². The van der Waals surface area contributed by atoms with Gasteiger partial charge in [0, 0.05) is 24.5 Å². The van der Waals surface area contributed by atoms with Gasteiger partial charge in [-0.15, -0.1) is 0 Å². The lowest BCUT2D eigenvalue weighted by Gasteiger charge is -2.19. The molecule has 0 radical (unpaired) electrons. The largest absolute Gasteiger partial charge is 0.352 e. The van der Waals surface area contributed by atoms with E-state index in [1.54, 1.807) is 16.8 Å². The monoisotopic (exact) mass is 387 g/mol. The third kappa shape index (κ3) is 4.36.